The Morgan fingerprint density at radius 1 is 1.15 bits per heavy atom. The van der Waals surface area contributed by atoms with E-state index in [-0.39, 0.29) is 41.5 Å². The van der Waals surface area contributed by atoms with Gasteiger partial charge in [-0.1, -0.05) is 48.8 Å². The molecule has 4 aromatic rings. The monoisotopic (exact) mass is 622 g/mol. The molecule has 0 aliphatic rings. The van der Waals surface area contributed by atoms with Gasteiger partial charge in [0.2, 0.25) is 5.75 Å². The van der Waals surface area contributed by atoms with Crippen molar-refractivity contribution >= 4 is 44.7 Å². The standard InChI is InChI=1S/C29H27BrN4O7/c1-5-40-24-13-18(12-23(34(38)39)25(24)41-16-17-6-8-19(9-7-17)27(36)37)15-31-33-26(35)21-14-20(30)10-11-22(21)32-28(33)29(2,3)4/h6-15H,5,16H2,1-4H3,(H,36,37). The molecule has 1 aromatic heterocycles. The van der Waals surface area contributed by atoms with Gasteiger partial charge >= 0.3 is 11.7 Å². The minimum Gasteiger partial charge on any atom is -0.490 e. The van der Waals surface area contributed by atoms with Crippen molar-refractivity contribution in [1.82, 2.24) is 9.66 Å². The number of aromatic carboxylic acids is 1. The van der Waals surface area contributed by atoms with Gasteiger partial charge < -0.3 is 14.6 Å². The van der Waals surface area contributed by atoms with E-state index in [2.05, 4.69) is 26.0 Å². The highest BCUT2D eigenvalue weighted by Gasteiger charge is 2.25. The number of carboxylic acids is 1. The van der Waals surface area contributed by atoms with Gasteiger partial charge in [-0.2, -0.15) is 9.78 Å². The number of hydrogen-bond acceptors (Lipinski definition) is 8. The van der Waals surface area contributed by atoms with E-state index in [1.807, 2.05) is 20.8 Å². The van der Waals surface area contributed by atoms with E-state index in [9.17, 15) is 19.7 Å². The van der Waals surface area contributed by atoms with E-state index < -0.39 is 16.3 Å². The number of benzene rings is 3. The average Bonchev–Trinajstić information content (AvgIpc) is 2.91. The van der Waals surface area contributed by atoms with Gasteiger partial charge in [0.05, 0.1) is 34.2 Å². The molecule has 0 saturated heterocycles. The summed E-state index contributed by atoms with van der Waals surface area (Å²) in [6, 6.07) is 14.0. The molecule has 3 aromatic carbocycles. The maximum absolute atomic E-state index is 13.4. The molecule has 0 saturated carbocycles. The molecular weight excluding hydrogens is 596 g/mol. The zero-order valence-electron chi connectivity index (χ0n) is 22.8. The largest absolute Gasteiger partial charge is 0.490 e. The van der Waals surface area contributed by atoms with Crippen LogP contribution in [0.25, 0.3) is 10.9 Å². The van der Waals surface area contributed by atoms with Crippen molar-refractivity contribution in [3.05, 3.63) is 102 Å². The third-order valence-corrected chi connectivity index (χ3v) is 6.43. The fourth-order valence-electron chi connectivity index (χ4n) is 3.99. The predicted molar refractivity (Wildman–Crippen MR) is 157 cm³/mol. The maximum Gasteiger partial charge on any atom is 0.335 e. The molecule has 0 atom stereocenters. The lowest BCUT2D eigenvalue weighted by Crippen LogP contribution is -2.29. The zero-order valence-corrected chi connectivity index (χ0v) is 24.3. The molecule has 0 fully saturated rings. The Hall–Kier alpha value is -4.58. The number of carbonyl (C=O) groups is 1. The molecule has 1 N–H and O–H groups in total. The summed E-state index contributed by atoms with van der Waals surface area (Å²) in [5.74, 6) is -0.606. The molecule has 12 heteroatoms. The molecule has 0 spiro atoms. The summed E-state index contributed by atoms with van der Waals surface area (Å²) in [6.07, 6.45) is 1.34. The highest BCUT2D eigenvalue weighted by molar-refractivity contribution is 9.10. The predicted octanol–water partition coefficient (Wildman–Crippen LogP) is 5.92. The Balaban J connectivity index is 1.76. The molecule has 0 amide bonds. The van der Waals surface area contributed by atoms with Gasteiger partial charge in [-0.05, 0) is 48.9 Å². The second-order valence-electron chi connectivity index (χ2n) is 10.1. The van der Waals surface area contributed by atoms with Crippen LogP contribution < -0.4 is 15.0 Å². The number of aromatic nitrogens is 2. The number of nitrogens with zero attached hydrogens (tertiary/aromatic N) is 4. The van der Waals surface area contributed by atoms with Crippen molar-refractivity contribution in [1.29, 1.82) is 0 Å². The van der Waals surface area contributed by atoms with Crippen molar-refractivity contribution in [2.75, 3.05) is 6.61 Å². The van der Waals surface area contributed by atoms with Gasteiger partial charge in [0.25, 0.3) is 5.56 Å². The summed E-state index contributed by atoms with van der Waals surface area (Å²) < 4.78 is 13.4. The lowest BCUT2D eigenvalue weighted by molar-refractivity contribution is -0.386. The van der Waals surface area contributed by atoms with Gasteiger partial charge in [-0.3, -0.25) is 14.9 Å². The van der Waals surface area contributed by atoms with Crippen molar-refractivity contribution in [3.8, 4) is 11.5 Å². The van der Waals surface area contributed by atoms with E-state index in [0.29, 0.717) is 32.3 Å². The second-order valence-corrected chi connectivity index (χ2v) is 11.0. The van der Waals surface area contributed by atoms with Crippen LogP contribution in [0, 0.1) is 10.1 Å². The molecule has 0 aliphatic carbocycles. The van der Waals surface area contributed by atoms with E-state index in [0.717, 1.165) is 0 Å². The minimum atomic E-state index is -1.06. The van der Waals surface area contributed by atoms with Crippen LogP contribution in [-0.2, 0) is 12.0 Å². The first-order valence-electron chi connectivity index (χ1n) is 12.6. The van der Waals surface area contributed by atoms with E-state index in [1.165, 1.54) is 35.2 Å². The Kier molecular flexibility index (Phi) is 8.52. The SMILES string of the molecule is CCOc1cc(C=Nn2c(C(C)(C)C)nc3ccc(Br)cc3c2=O)cc([N+](=O)[O-])c1OCc1ccc(C(=O)O)cc1. The first kappa shape index (κ1) is 29.4. The van der Waals surface area contributed by atoms with Crippen LogP contribution in [0.4, 0.5) is 5.69 Å². The van der Waals surface area contributed by atoms with Crippen LogP contribution in [-0.4, -0.2) is 38.5 Å². The second kappa shape index (κ2) is 11.9. The number of ether oxygens (including phenoxy) is 2. The lowest BCUT2D eigenvalue weighted by atomic mass is 9.95. The fourth-order valence-corrected chi connectivity index (χ4v) is 4.35. The fraction of sp³-hybridized carbons (Fsp3) is 0.241. The highest BCUT2D eigenvalue weighted by Crippen LogP contribution is 2.39. The first-order valence-corrected chi connectivity index (χ1v) is 13.4. The Bertz CT molecular complexity index is 1720. The van der Waals surface area contributed by atoms with Crippen LogP contribution in [0.2, 0.25) is 0 Å². The van der Waals surface area contributed by atoms with Crippen LogP contribution >= 0.6 is 15.9 Å². The average molecular weight is 623 g/mol. The molecule has 41 heavy (non-hydrogen) atoms. The van der Waals surface area contributed by atoms with Gasteiger partial charge in [0.15, 0.2) is 5.75 Å². The Morgan fingerprint density at radius 2 is 1.85 bits per heavy atom. The third kappa shape index (κ3) is 6.60. The molecule has 1 heterocycles. The quantitative estimate of drug-likeness (QED) is 0.137. The van der Waals surface area contributed by atoms with Crippen molar-refractivity contribution < 1.29 is 24.3 Å². The Labute approximate surface area is 243 Å². The zero-order chi connectivity index (χ0) is 29.9. The van der Waals surface area contributed by atoms with Gasteiger partial charge in [0, 0.05) is 21.5 Å². The van der Waals surface area contributed by atoms with Crippen molar-refractivity contribution in [2.45, 2.75) is 39.7 Å². The summed E-state index contributed by atoms with van der Waals surface area (Å²) in [5.41, 5.74) is 0.278. The van der Waals surface area contributed by atoms with Gasteiger partial charge in [-0.25, -0.2) is 9.78 Å². The first-order chi connectivity index (χ1) is 19.4. The van der Waals surface area contributed by atoms with Crippen LogP contribution in [0.5, 0.6) is 11.5 Å². The van der Waals surface area contributed by atoms with Crippen molar-refractivity contribution in [3.63, 3.8) is 0 Å². The molecule has 0 unspecified atom stereocenters. The van der Waals surface area contributed by atoms with Gasteiger partial charge in [0.1, 0.15) is 12.4 Å². The molecule has 0 aliphatic heterocycles. The van der Waals surface area contributed by atoms with E-state index in [4.69, 9.17) is 14.6 Å². The summed E-state index contributed by atoms with van der Waals surface area (Å²) in [6.45, 7) is 7.60. The summed E-state index contributed by atoms with van der Waals surface area (Å²) in [5, 5.41) is 25.9. The molecule has 0 bridgehead atoms. The number of fused-ring (bicyclic) bond motifs is 1. The lowest BCUT2D eigenvalue weighted by Gasteiger charge is -2.21. The number of hydrogen-bond donors (Lipinski definition) is 1. The van der Waals surface area contributed by atoms with Gasteiger partial charge in [-0.15, -0.1) is 0 Å². The Morgan fingerprint density at radius 3 is 2.46 bits per heavy atom. The third-order valence-electron chi connectivity index (χ3n) is 5.94. The number of rotatable bonds is 9. The molecule has 4 rings (SSSR count). The van der Waals surface area contributed by atoms with Crippen LogP contribution in [0.15, 0.2) is 69.0 Å². The molecule has 0 radical (unpaired) electrons. The summed E-state index contributed by atoms with van der Waals surface area (Å²) in [7, 11) is 0. The van der Waals surface area contributed by atoms with Crippen molar-refractivity contribution in [2.24, 2.45) is 5.10 Å². The van der Waals surface area contributed by atoms with E-state index >= 15 is 0 Å². The molecule has 212 valence electrons. The maximum atomic E-state index is 13.4. The topological polar surface area (TPSA) is 146 Å². The number of nitro groups is 1. The molecule has 11 nitrogen and oxygen atoms in total. The van der Waals surface area contributed by atoms with Crippen LogP contribution in [0.3, 0.4) is 0 Å². The number of carboxylic acid groups (broad SMARTS) is 1. The summed E-state index contributed by atoms with van der Waals surface area (Å²) >= 11 is 3.38. The normalized spacial score (nSPS) is 11.6. The minimum absolute atomic E-state index is 0.0586. The number of nitro benzene ring substituents is 1. The molecular formula is C29H27BrN4O7. The highest BCUT2D eigenvalue weighted by atomic mass is 79.9. The summed E-state index contributed by atoms with van der Waals surface area (Å²) in [4.78, 5) is 40.7. The smallest absolute Gasteiger partial charge is 0.335 e. The van der Waals surface area contributed by atoms with Crippen LogP contribution in [0.1, 0.15) is 55.0 Å². The number of halogens is 1. The van der Waals surface area contributed by atoms with E-state index in [1.54, 1.807) is 37.3 Å².